The second-order valence-electron chi connectivity index (χ2n) is 3.60. The highest BCUT2D eigenvalue weighted by Gasteiger charge is 2.01. The lowest BCUT2D eigenvalue weighted by atomic mass is 10.2. The van der Waals surface area contributed by atoms with Gasteiger partial charge in [0.05, 0.1) is 0 Å². The van der Waals surface area contributed by atoms with Crippen molar-refractivity contribution in [1.82, 2.24) is 0 Å². The third kappa shape index (κ3) is 3.27. The molecule has 0 bridgehead atoms. The molecular formula is C13H10BrF2N. The molecule has 0 spiro atoms. The van der Waals surface area contributed by atoms with E-state index >= 15 is 0 Å². The van der Waals surface area contributed by atoms with Gasteiger partial charge >= 0.3 is 0 Å². The van der Waals surface area contributed by atoms with Crippen LogP contribution in [0.25, 0.3) is 0 Å². The fraction of sp³-hybridized carbons (Fsp3) is 0.0769. The van der Waals surface area contributed by atoms with E-state index in [1.165, 1.54) is 24.3 Å². The Bertz CT molecular complexity index is 511. The monoisotopic (exact) mass is 297 g/mol. The summed E-state index contributed by atoms with van der Waals surface area (Å²) >= 11 is 3.35. The first-order chi connectivity index (χ1) is 8.15. The molecular weight excluding hydrogens is 288 g/mol. The van der Waals surface area contributed by atoms with Gasteiger partial charge in [0, 0.05) is 16.7 Å². The number of benzene rings is 2. The van der Waals surface area contributed by atoms with Crippen LogP contribution in [0.15, 0.2) is 46.9 Å². The number of hydrogen-bond donors (Lipinski definition) is 1. The van der Waals surface area contributed by atoms with Gasteiger partial charge in [0.25, 0.3) is 0 Å². The van der Waals surface area contributed by atoms with E-state index in [4.69, 9.17) is 0 Å². The minimum atomic E-state index is -0.275. The van der Waals surface area contributed by atoms with Crippen molar-refractivity contribution in [3.05, 3.63) is 64.1 Å². The van der Waals surface area contributed by atoms with E-state index in [-0.39, 0.29) is 11.6 Å². The van der Waals surface area contributed by atoms with Gasteiger partial charge in [0.2, 0.25) is 0 Å². The van der Waals surface area contributed by atoms with Gasteiger partial charge in [-0.25, -0.2) is 8.78 Å². The van der Waals surface area contributed by atoms with Crippen LogP contribution in [0.2, 0.25) is 0 Å². The standard InChI is InChI=1S/C13H10BrF2N/c14-13-6-3-11(16)7-9(13)8-17-12-4-1-10(15)2-5-12/h1-7,17H,8H2. The Labute approximate surface area is 107 Å². The Morgan fingerprint density at radius 1 is 0.941 bits per heavy atom. The molecule has 0 amide bonds. The quantitative estimate of drug-likeness (QED) is 0.889. The fourth-order valence-corrected chi connectivity index (χ4v) is 1.83. The summed E-state index contributed by atoms with van der Waals surface area (Å²) in [6.45, 7) is 0.476. The molecule has 0 fully saturated rings. The number of anilines is 1. The lowest BCUT2D eigenvalue weighted by Crippen LogP contribution is -2.00. The van der Waals surface area contributed by atoms with Crippen molar-refractivity contribution in [2.24, 2.45) is 0 Å². The van der Waals surface area contributed by atoms with Gasteiger partial charge in [-0.1, -0.05) is 15.9 Å². The lowest BCUT2D eigenvalue weighted by molar-refractivity contribution is 0.625. The number of rotatable bonds is 3. The van der Waals surface area contributed by atoms with Crippen LogP contribution in [0.1, 0.15) is 5.56 Å². The molecule has 0 saturated heterocycles. The molecule has 0 aliphatic heterocycles. The molecule has 0 unspecified atom stereocenters. The van der Waals surface area contributed by atoms with Crippen LogP contribution in [0.4, 0.5) is 14.5 Å². The summed E-state index contributed by atoms with van der Waals surface area (Å²) < 4.78 is 26.6. The highest BCUT2D eigenvalue weighted by atomic mass is 79.9. The Morgan fingerprint density at radius 3 is 2.29 bits per heavy atom. The third-order valence-corrected chi connectivity index (χ3v) is 3.11. The average molecular weight is 298 g/mol. The van der Waals surface area contributed by atoms with E-state index in [0.717, 1.165) is 15.7 Å². The number of nitrogens with one attached hydrogen (secondary N) is 1. The summed E-state index contributed by atoms with van der Waals surface area (Å²) in [7, 11) is 0. The third-order valence-electron chi connectivity index (χ3n) is 2.33. The van der Waals surface area contributed by atoms with Crippen molar-refractivity contribution in [3.8, 4) is 0 Å². The predicted molar refractivity (Wildman–Crippen MR) is 67.8 cm³/mol. The first kappa shape index (κ1) is 12.0. The molecule has 2 rings (SSSR count). The van der Waals surface area contributed by atoms with Crippen molar-refractivity contribution < 1.29 is 8.78 Å². The summed E-state index contributed by atoms with van der Waals surface area (Å²) in [4.78, 5) is 0. The van der Waals surface area contributed by atoms with E-state index in [1.54, 1.807) is 18.2 Å². The Morgan fingerprint density at radius 2 is 1.59 bits per heavy atom. The zero-order valence-corrected chi connectivity index (χ0v) is 10.5. The SMILES string of the molecule is Fc1ccc(NCc2cc(F)ccc2Br)cc1. The van der Waals surface area contributed by atoms with E-state index in [1.807, 2.05) is 0 Å². The predicted octanol–water partition coefficient (Wildman–Crippen LogP) is 4.34. The van der Waals surface area contributed by atoms with Crippen molar-refractivity contribution in [2.75, 3.05) is 5.32 Å². The summed E-state index contributed by atoms with van der Waals surface area (Å²) in [6, 6.07) is 10.6. The molecule has 0 aliphatic rings. The molecule has 0 atom stereocenters. The van der Waals surface area contributed by atoms with Crippen LogP contribution in [-0.4, -0.2) is 0 Å². The average Bonchev–Trinajstić information content (AvgIpc) is 2.32. The zero-order valence-electron chi connectivity index (χ0n) is 8.88. The summed E-state index contributed by atoms with van der Waals surface area (Å²) in [5.74, 6) is -0.549. The molecule has 0 aliphatic carbocycles. The van der Waals surface area contributed by atoms with Crippen molar-refractivity contribution in [3.63, 3.8) is 0 Å². The van der Waals surface area contributed by atoms with Crippen molar-refractivity contribution in [2.45, 2.75) is 6.54 Å². The van der Waals surface area contributed by atoms with Gasteiger partial charge < -0.3 is 5.32 Å². The van der Waals surface area contributed by atoms with Crippen LogP contribution in [0.3, 0.4) is 0 Å². The van der Waals surface area contributed by atoms with Gasteiger partial charge in [-0.2, -0.15) is 0 Å². The Hall–Kier alpha value is -1.42. The second kappa shape index (κ2) is 5.27. The van der Waals surface area contributed by atoms with Gasteiger partial charge in [-0.3, -0.25) is 0 Å². The largest absolute Gasteiger partial charge is 0.381 e. The highest BCUT2D eigenvalue weighted by Crippen LogP contribution is 2.19. The van der Waals surface area contributed by atoms with Crippen LogP contribution >= 0.6 is 15.9 Å². The first-order valence-corrected chi connectivity index (χ1v) is 5.88. The van der Waals surface area contributed by atoms with Crippen LogP contribution in [0.5, 0.6) is 0 Å². The molecule has 2 aromatic carbocycles. The van der Waals surface area contributed by atoms with E-state index in [2.05, 4.69) is 21.2 Å². The molecule has 1 nitrogen and oxygen atoms in total. The molecule has 0 radical (unpaired) electrons. The van der Waals surface area contributed by atoms with E-state index in [0.29, 0.717) is 6.54 Å². The first-order valence-electron chi connectivity index (χ1n) is 5.08. The van der Waals surface area contributed by atoms with Crippen molar-refractivity contribution >= 4 is 21.6 Å². The molecule has 4 heteroatoms. The number of hydrogen-bond acceptors (Lipinski definition) is 1. The fourth-order valence-electron chi connectivity index (χ4n) is 1.44. The second-order valence-corrected chi connectivity index (χ2v) is 4.45. The van der Waals surface area contributed by atoms with Gasteiger partial charge in [-0.05, 0) is 48.0 Å². The molecule has 0 heterocycles. The van der Waals surface area contributed by atoms with Gasteiger partial charge in [0.15, 0.2) is 0 Å². The lowest BCUT2D eigenvalue weighted by Gasteiger charge is -2.08. The normalized spacial score (nSPS) is 10.3. The maximum atomic E-state index is 13.0. The summed E-state index contributed by atoms with van der Waals surface area (Å²) in [6.07, 6.45) is 0. The minimum Gasteiger partial charge on any atom is -0.381 e. The van der Waals surface area contributed by atoms with Gasteiger partial charge in [-0.15, -0.1) is 0 Å². The van der Waals surface area contributed by atoms with E-state index < -0.39 is 0 Å². The molecule has 88 valence electrons. The summed E-state index contributed by atoms with van der Waals surface area (Å²) in [5.41, 5.74) is 1.61. The Kier molecular flexibility index (Phi) is 3.74. The zero-order chi connectivity index (χ0) is 12.3. The van der Waals surface area contributed by atoms with Crippen molar-refractivity contribution in [1.29, 1.82) is 0 Å². The maximum Gasteiger partial charge on any atom is 0.123 e. The Balaban J connectivity index is 2.07. The topological polar surface area (TPSA) is 12.0 Å². The molecule has 0 aromatic heterocycles. The van der Waals surface area contributed by atoms with E-state index in [9.17, 15) is 8.78 Å². The van der Waals surface area contributed by atoms with Crippen LogP contribution < -0.4 is 5.32 Å². The molecule has 1 N–H and O–H groups in total. The van der Waals surface area contributed by atoms with Crippen LogP contribution in [-0.2, 0) is 6.54 Å². The van der Waals surface area contributed by atoms with Gasteiger partial charge in [0.1, 0.15) is 11.6 Å². The molecule has 2 aromatic rings. The van der Waals surface area contributed by atoms with Crippen LogP contribution in [0, 0.1) is 11.6 Å². The molecule has 0 saturated carbocycles. The maximum absolute atomic E-state index is 13.0. The number of halogens is 3. The smallest absolute Gasteiger partial charge is 0.123 e. The summed E-state index contributed by atoms with van der Waals surface area (Å²) in [5, 5.41) is 3.09. The minimum absolute atomic E-state index is 0.274. The highest BCUT2D eigenvalue weighted by molar-refractivity contribution is 9.10. The molecule has 17 heavy (non-hydrogen) atoms.